The Hall–Kier alpha value is -0.610. The third-order valence-corrected chi connectivity index (χ3v) is 4.17. The molecule has 20 heavy (non-hydrogen) atoms. The highest BCUT2D eigenvalue weighted by Crippen LogP contribution is 2.16. The zero-order valence-corrected chi connectivity index (χ0v) is 13.5. The van der Waals surface area contributed by atoms with Gasteiger partial charge in [0.1, 0.15) is 5.54 Å². The molecule has 1 heterocycles. The lowest BCUT2D eigenvalue weighted by molar-refractivity contribution is -0.151. The van der Waals surface area contributed by atoms with Crippen LogP contribution in [0.1, 0.15) is 59.3 Å². The van der Waals surface area contributed by atoms with Gasteiger partial charge in [-0.2, -0.15) is 0 Å². The monoisotopic (exact) mass is 284 g/mol. The molecule has 0 aromatic heterocycles. The van der Waals surface area contributed by atoms with Crippen LogP contribution in [0.3, 0.4) is 0 Å². The molecule has 1 aliphatic rings. The Morgan fingerprint density at radius 1 is 1.15 bits per heavy atom. The predicted octanol–water partition coefficient (Wildman–Crippen LogP) is 2.57. The van der Waals surface area contributed by atoms with Crippen molar-refractivity contribution in [1.29, 1.82) is 0 Å². The molecule has 1 rings (SSSR count). The van der Waals surface area contributed by atoms with Crippen molar-refractivity contribution in [2.45, 2.75) is 64.8 Å². The Morgan fingerprint density at radius 3 is 2.30 bits per heavy atom. The lowest BCUT2D eigenvalue weighted by Crippen LogP contribution is -2.52. The zero-order chi connectivity index (χ0) is 14.8. The van der Waals surface area contributed by atoms with Crippen molar-refractivity contribution in [2.75, 3.05) is 32.8 Å². The van der Waals surface area contributed by atoms with Crippen LogP contribution in [0.25, 0.3) is 0 Å². The van der Waals surface area contributed by atoms with E-state index in [4.69, 9.17) is 4.74 Å². The van der Waals surface area contributed by atoms with Gasteiger partial charge in [0, 0.05) is 6.54 Å². The average molecular weight is 284 g/mol. The first-order valence-electron chi connectivity index (χ1n) is 8.27. The van der Waals surface area contributed by atoms with Crippen molar-refractivity contribution in [2.24, 2.45) is 0 Å². The third-order valence-electron chi connectivity index (χ3n) is 4.17. The highest BCUT2D eigenvalue weighted by atomic mass is 16.5. The fourth-order valence-corrected chi connectivity index (χ4v) is 2.86. The van der Waals surface area contributed by atoms with Crippen LogP contribution in [0.4, 0.5) is 0 Å². The van der Waals surface area contributed by atoms with E-state index in [2.05, 4.69) is 10.2 Å². The van der Waals surface area contributed by atoms with Crippen molar-refractivity contribution in [3.63, 3.8) is 0 Å². The molecule has 0 radical (unpaired) electrons. The standard InChI is InChI=1S/C16H32N2O2/c1-4-17-16(3,15(19)20-5-2)11-14-18-12-9-7-6-8-10-13-18/h17H,4-14H2,1-3H3. The first-order chi connectivity index (χ1) is 9.62. The van der Waals surface area contributed by atoms with Gasteiger partial charge in [-0.15, -0.1) is 0 Å². The number of esters is 1. The van der Waals surface area contributed by atoms with E-state index in [0.29, 0.717) is 6.61 Å². The molecule has 4 nitrogen and oxygen atoms in total. The molecule has 118 valence electrons. The third kappa shape index (κ3) is 5.80. The first kappa shape index (κ1) is 17.4. The van der Waals surface area contributed by atoms with Crippen molar-refractivity contribution in [1.82, 2.24) is 10.2 Å². The minimum Gasteiger partial charge on any atom is -0.465 e. The molecule has 1 aliphatic heterocycles. The van der Waals surface area contributed by atoms with Gasteiger partial charge in [0.15, 0.2) is 0 Å². The molecule has 0 aliphatic carbocycles. The average Bonchev–Trinajstić information content (AvgIpc) is 2.38. The van der Waals surface area contributed by atoms with Crippen molar-refractivity contribution >= 4 is 5.97 Å². The van der Waals surface area contributed by atoms with Gasteiger partial charge >= 0.3 is 5.97 Å². The number of likely N-dealkylation sites (N-methyl/N-ethyl adjacent to an activating group) is 1. The number of likely N-dealkylation sites (tertiary alicyclic amines) is 1. The van der Waals surface area contributed by atoms with Gasteiger partial charge in [0.25, 0.3) is 0 Å². The van der Waals surface area contributed by atoms with Crippen molar-refractivity contribution in [3.8, 4) is 0 Å². The van der Waals surface area contributed by atoms with Crippen LogP contribution in [-0.4, -0.2) is 49.2 Å². The van der Waals surface area contributed by atoms with Gasteiger partial charge in [-0.3, -0.25) is 4.79 Å². The van der Waals surface area contributed by atoms with Gasteiger partial charge in [-0.25, -0.2) is 0 Å². The van der Waals surface area contributed by atoms with Crippen molar-refractivity contribution < 1.29 is 9.53 Å². The first-order valence-corrected chi connectivity index (χ1v) is 8.27. The molecular formula is C16H32N2O2. The Labute approximate surface area is 124 Å². The van der Waals surface area contributed by atoms with Crippen LogP contribution in [0.5, 0.6) is 0 Å². The molecule has 0 aromatic carbocycles. The van der Waals surface area contributed by atoms with Crippen LogP contribution >= 0.6 is 0 Å². The SMILES string of the molecule is CCNC(C)(CCN1CCCCCCC1)C(=O)OCC. The Bertz CT molecular complexity index is 276. The highest BCUT2D eigenvalue weighted by molar-refractivity contribution is 5.80. The minimum absolute atomic E-state index is 0.117. The molecular weight excluding hydrogens is 252 g/mol. The summed E-state index contributed by atoms with van der Waals surface area (Å²) in [6, 6.07) is 0. The summed E-state index contributed by atoms with van der Waals surface area (Å²) in [5, 5.41) is 3.31. The maximum Gasteiger partial charge on any atom is 0.326 e. The number of hydrogen-bond donors (Lipinski definition) is 1. The fourth-order valence-electron chi connectivity index (χ4n) is 2.86. The number of nitrogens with zero attached hydrogens (tertiary/aromatic N) is 1. The molecule has 0 aromatic rings. The number of hydrogen-bond acceptors (Lipinski definition) is 4. The van der Waals surface area contributed by atoms with Crippen molar-refractivity contribution in [3.05, 3.63) is 0 Å². The summed E-state index contributed by atoms with van der Waals surface area (Å²) in [7, 11) is 0. The molecule has 1 fully saturated rings. The summed E-state index contributed by atoms with van der Waals surface area (Å²) in [6.45, 7) is 10.4. The van der Waals surface area contributed by atoms with E-state index >= 15 is 0 Å². The number of rotatable bonds is 7. The maximum atomic E-state index is 12.1. The Kier molecular flexibility index (Phi) is 8.15. The summed E-state index contributed by atoms with van der Waals surface area (Å²) in [6.07, 6.45) is 7.47. The van der Waals surface area contributed by atoms with Gasteiger partial charge in [0.2, 0.25) is 0 Å². The van der Waals surface area contributed by atoms with Gasteiger partial charge in [-0.1, -0.05) is 26.2 Å². The van der Waals surface area contributed by atoms with E-state index in [0.717, 1.165) is 19.5 Å². The maximum absolute atomic E-state index is 12.1. The lowest BCUT2D eigenvalue weighted by atomic mass is 9.97. The van der Waals surface area contributed by atoms with Crippen LogP contribution in [0, 0.1) is 0 Å². The van der Waals surface area contributed by atoms with E-state index in [1.54, 1.807) is 0 Å². The summed E-state index contributed by atoms with van der Waals surface area (Å²) in [5.41, 5.74) is -0.548. The molecule has 0 amide bonds. The second kappa shape index (κ2) is 9.35. The van der Waals surface area contributed by atoms with E-state index in [1.165, 1.54) is 45.2 Å². The zero-order valence-electron chi connectivity index (χ0n) is 13.5. The number of carbonyl (C=O) groups is 1. The highest BCUT2D eigenvalue weighted by Gasteiger charge is 2.33. The fraction of sp³-hybridized carbons (Fsp3) is 0.938. The normalized spacial score (nSPS) is 20.8. The van der Waals surface area contributed by atoms with Crippen LogP contribution in [0.2, 0.25) is 0 Å². The molecule has 1 N–H and O–H groups in total. The number of nitrogens with one attached hydrogen (secondary N) is 1. The second-order valence-corrected chi connectivity index (χ2v) is 5.94. The van der Waals surface area contributed by atoms with Crippen LogP contribution in [0.15, 0.2) is 0 Å². The topological polar surface area (TPSA) is 41.6 Å². The summed E-state index contributed by atoms with van der Waals surface area (Å²) < 4.78 is 5.22. The van der Waals surface area contributed by atoms with E-state index in [9.17, 15) is 4.79 Å². The molecule has 1 atom stereocenters. The smallest absolute Gasteiger partial charge is 0.326 e. The Morgan fingerprint density at radius 2 is 1.75 bits per heavy atom. The second-order valence-electron chi connectivity index (χ2n) is 5.94. The van der Waals surface area contributed by atoms with E-state index in [-0.39, 0.29) is 5.97 Å². The molecule has 0 bridgehead atoms. The number of carbonyl (C=O) groups excluding carboxylic acids is 1. The van der Waals surface area contributed by atoms with Crippen LogP contribution in [-0.2, 0) is 9.53 Å². The van der Waals surface area contributed by atoms with Gasteiger partial charge < -0.3 is 15.0 Å². The molecule has 0 spiro atoms. The van der Waals surface area contributed by atoms with Gasteiger partial charge in [-0.05, 0) is 52.7 Å². The van der Waals surface area contributed by atoms with Crippen LogP contribution < -0.4 is 5.32 Å². The van der Waals surface area contributed by atoms with E-state index < -0.39 is 5.54 Å². The molecule has 1 unspecified atom stereocenters. The number of ether oxygens (including phenoxy) is 1. The quantitative estimate of drug-likeness (QED) is 0.730. The largest absolute Gasteiger partial charge is 0.465 e. The summed E-state index contributed by atoms with van der Waals surface area (Å²) in [4.78, 5) is 14.7. The van der Waals surface area contributed by atoms with Gasteiger partial charge in [0.05, 0.1) is 6.61 Å². The predicted molar refractivity (Wildman–Crippen MR) is 82.9 cm³/mol. The molecule has 4 heteroatoms. The molecule has 1 saturated heterocycles. The summed E-state index contributed by atoms with van der Waals surface area (Å²) >= 11 is 0. The van der Waals surface area contributed by atoms with E-state index in [1.807, 2.05) is 20.8 Å². The summed E-state index contributed by atoms with van der Waals surface area (Å²) in [5.74, 6) is -0.117. The Balaban J connectivity index is 2.49. The minimum atomic E-state index is -0.548. The molecule has 0 saturated carbocycles. The lowest BCUT2D eigenvalue weighted by Gasteiger charge is -2.32.